The van der Waals surface area contributed by atoms with Gasteiger partial charge in [-0.1, -0.05) is 11.6 Å². The van der Waals surface area contributed by atoms with Gasteiger partial charge in [0.1, 0.15) is 6.54 Å². The van der Waals surface area contributed by atoms with Crippen molar-refractivity contribution in [3.63, 3.8) is 0 Å². The van der Waals surface area contributed by atoms with E-state index >= 15 is 0 Å². The Morgan fingerprint density at radius 1 is 1.24 bits per heavy atom. The summed E-state index contributed by atoms with van der Waals surface area (Å²) in [5.41, 5.74) is 0.0299. The maximum atomic E-state index is 12.3. The monoisotopic (exact) mass is 422 g/mol. The molecular formula is C16H12BrClN4O3. The summed E-state index contributed by atoms with van der Waals surface area (Å²) in [6.07, 6.45) is 4.92. The summed E-state index contributed by atoms with van der Waals surface area (Å²) in [7, 11) is 0. The summed E-state index contributed by atoms with van der Waals surface area (Å²) in [5.74, 6) is -0.420. The Kier molecular flexibility index (Phi) is 4.91. The van der Waals surface area contributed by atoms with Gasteiger partial charge in [-0.3, -0.25) is 19.1 Å². The lowest BCUT2D eigenvalue weighted by atomic mass is 10.2. The van der Waals surface area contributed by atoms with E-state index in [4.69, 9.17) is 11.6 Å². The Morgan fingerprint density at radius 2 is 1.96 bits per heavy atom. The first-order chi connectivity index (χ1) is 11.9. The van der Waals surface area contributed by atoms with E-state index in [1.54, 1.807) is 18.2 Å². The molecule has 7 nitrogen and oxygen atoms in total. The molecule has 0 saturated carbocycles. The van der Waals surface area contributed by atoms with Crippen LogP contribution in [0.15, 0.2) is 63.0 Å². The van der Waals surface area contributed by atoms with Crippen molar-refractivity contribution >= 4 is 39.1 Å². The number of nitrogens with zero attached hydrogens (tertiary/aromatic N) is 2. The molecule has 0 aliphatic heterocycles. The molecule has 0 radical (unpaired) electrons. The largest absolute Gasteiger partial charge is 0.328 e. The van der Waals surface area contributed by atoms with Crippen LogP contribution in [-0.2, 0) is 11.3 Å². The van der Waals surface area contributed by atoms with E-state index in [1.807, 2.05) is 29.1 Å². The van der Waals surface area contributed by atoms with Crippen molar-refractivity contribution in [2.45, 2.75) is 6.54 Å². The number of H-pyrrole nitrogens is 1. The first kappa shape index (κ1) is 17.2. The first-order valence-electron chi connectivity index (χ1n) is 7.16. The lowest BCUT2D eigenvalue weighted by Gasteiger charge is -2.13. The van der Waals surface area contributed by atoms with Crippen molar-refractivity contribution in [3.8, 4) is 5.69 Å². The van der Waals surface area contributed by atoms with Crippen LogP contribution in [0.1, 0.15) is 0 Å². The Balaban J connectivity index is 1.86. The minimum absolute atomic E-state index is 0.166. The molecule has 2 heterocycles. The third kappa shape index (κ3) is 3.92. The van der Waals surface area contributed by atoms with Crippen LogP contribution in [0.4, 0.5) is 5.69 Å². The fourth-order valence-corrected chi connectivity index (χ4v) is 2.78. The highest BCUT2D eigenvalue weighted by atomic mass is 79.9. The molecule has 3 rings (SSSR count). The zero-order valence-electron chi connectivity index (χ0n) is 12.7. The molecule has 2 aromatic heterocycles. The van der Waals surface area contributed by atoms with E-state index in [0.29, 0.717) is 16.4 Å². The number of aromatic amines is 1. The second-order valence-electron chi connectivity index (χ2n) is 5.16. The summed E-state index contributed by atoms with van der Waals surface area (Å²) in [6.45, 7) is -0.248. The normalized spacial score (nSPS) is 10.6. The topological polar surface area (TPSA) is 88.9 Å². The highest BCUT2D eigenvalue weighted by molar-refractivity contribution is 9.10. The standard InChI is InChI=1S/C16H12BrClN4O3/c17-11-8-22(16(25)20-15(11)24)9-14(23)19-12-4-3-10(18)7-13(12)21-5-1-2-6-21/h1-8H,9H2,(H,19,23)(H,20,24,25). The maximum absolute atomic E-state index is 12.3. The molecule has 25 heavy (non-hydrogen) atoms. The van der Waals surface area contributed by atoms with Crippen LogP contribution in [0.5, 0.6) is 0 Å². The van der Waals surface area contributed by atoms with Crippen LogP contribution in [0.2, 0.25) is 5.02 Å². The van der Waals surface area contributed by atoms with E-state index in [0.717, 1.165) is 4.57 Å². The highest BCUT2D eigenvalue weighted by Crippen LogP contribution is 2.24. The van der Waals surface area contributed by atoms with Crippen molar-refractivity contribution in [1.29, 1.82) is 0 Å². The van der Waals surface area contributed by atoms with Gasteiger partial charge in [0, 0.05) is 23.6 Å². The number of carbonyl (C=O) groups excluding carboxylic acids is 1. The van der Waals surface area contributed by atoms with Crippen LogP contribution >= 0.6 is 27.5 Å². The van der Waals surface area contributed by atoms with Crippen LogP contribution in [0.3, 0.4) is 0 Å². The molecule has 128 valence electrons. The van der Waals surface area contributed by atoms with Gasteiger partial charge in [-0.2, -0.15) is 0 Å². The first-order valence-corrected chi connectivity index (χ1v) is 8.33. The molecule has 0 atom stereocenters. The van der Waals surface area contributed by atoms with E-state index < -0.39 is 17.2 Å². The molecule has 0 saturated heterocycles. The number of amides is 1. The smallest absolute Gasteiger partial charge is 0.323 e. The second-order valence-corrected chi connectivity index (χ2v) is 6.45. The van der Waals surface area contributed by atoms with E-state index in [9.17, 15) is 14.4 Å². The van der Waals surface area contributed by atoms with Crippen molar-refractivity contribution in [2.75, 3.05) is 5.32 Å². The molecule has 1 aromatic carbocycles. The van der Waals surface area contributed by atoms with Crippen LogP contribution < -0.4 is 16.6 Å². The number of anilines is 1. The number of carbonyl (C=O) groups is 1. The average Bonchev–Trinajstić information content (AvgIpc) is 3.08. The molecule has 0 spiro atoms. The second kappa shape index (κ2) is 7.12. The Hall–Kier alpha value is -2.58. The molecule has 1 amide bonds. The Labute approximate surface area is 155 Å². The molecule has 0 fully saturated rings. The predicted molar refractivity (Wildman–Crippen MR) is 98.4 cm³/mol. The molecule has 2 N–H and O–H groups in total. The lowest BCUT2D eigenvalue weighted by Crippen LogP contribution is -2.33. The zero-order chi connectivity index (χ0) is 18.0. The number of nitrogens with one attached hydrogen (secondary N) is 2. The number of hydrogen-bond acceptors (Lipinski definition) is 3. The number of rotatable bonds is 4. The van der Waals surface area contributed by atoms with Crippen molar-refractivity contribution in [1.82, 2.24) is 14.1 Å². The Morgan fingerprint density at radius 3 is 2.68 bits per heavy atom. The third-order valence-electron chi connectivity index (χ3n) is 3.40. The molecule has 3 aromatic rings. The van der Waals surface area contributed by atoms with Gasteiger partial charge in [0.05, 0.1) is 15.8 Å². The Bertz CT molecular complexity index is 1040. The highest BCUT2D eigenvalue weighted by Gasteiger charge is 2.11. The lowest BCUT2D eigenvalue weighted by molar-refractivity contribution is -0.116. The molecule has 0 bridgehead atoms. The van der Waals surface area contributed by atoms with Crippen LogP contribution in [0, 0.1) is 0 Å². The number of hydrogen-bond donors (Lipinski definition) is 2. The van der Waals surface area contributed by atoms with Gasteiger partial charge in [0.25, 0.3) is 5.56 Å². The summed E-state index contributed by atoms with van der Waals surface area (Å²) >= 11 is 9.07. The molecule has 0 unspecified atom stereocenters. The van der Waals surface area contributed by atoms with Gasteiger partial charge in [0.15, 0.2) is 0 Å². The predicted octanol–water partition coefficient (Wildman–Crippen LogP) is 2.38. The van der Waals surface area contributed by atoms with Gasteiger partial charge in [-0.25, -0.2) is 4.79 Å². The minimum atomic E-state index is -0.662. The van der Waals surface area contributed by atoms with Gasteiger partial charge >= 0.3 is 5.69 Å². The van der Waals surface area contributed by atoms with Crippen LogP contribution in [0.25, 0.3) is 5.69 Å². The van der Waals surface area contributed by atoms with Crippen LogP contribution in [-0.4, -0.2) is 20.0 Å². The quantitative estimate of drug-likeness (QED) is 0.675. The molecule has 0 aliphatic carbocycles. The minimum Gasteiger partial charge on any atom is -0.323 e. The average molecular weight is 424 g/mol. The van der Waals surface area contributed by atoms with Gasteiger partial charge in [0.2, 0.25) is 5.91 Å². The molecular weight excluding hydrogens is 412 g/mol. The van der Waals surface area contributed by atoms with E-state index in [-0.39, 0.29) is 11.0 Å². The summed E-state index contributed by atoms with van der Waals surface area (Å²) in [5, 5.41) is 3.28. The number of halogens is 2. The third-order valence-corrected chi connectivity index (χ3v) is 4.20. The van der Waals surface area contributed by atoms with Crippen molar-refractivity contribution in [3.05, 3.63) is 79.3 Å². The SMILES string of the molecule is O=C(Cn1cc(Br)c(=O)[nH]c1=O)Nc1ccc(Cl)cc1-n1cccc1. The maximum Gasteiger partial charge on any atom is 0.328 e. The van der Waals surface area contributed by atoms with Gasteiger partial charge < -0.3 is 9.88 Å². The molecule has 0 aliphatic rings. The summed E-state index contributed by atoms with van der Waals surface area (Å²) in [6, 6.07) is 8.77. The van der Waals surface area contributed by atoms with Gasteiger partial charge in [-0.15, -0.1) is 0 Å². The van der Waals surface area contributed by atoms with Crippen molar-refractivity contribution < 1.29 is 4.79 Å². The van der Waals surface area contributed by atoms with E-state index in [1.165, 1.54) is 6.20 Å². The fraction of sp³-hybridized carbons (Fsp3) is 0.0625. The fourth-order valence-electron chi connectivity index (χ4n) is 2.26. The molecule has 9 heteroatoms. The van der Waals surface area contributed by atoms with Gasteiger partial charge in [-0.05, 0) is 46.3 Å². The van der Waals surface area contributed by atoms with E-state index in [2.05, 4.69) is 26.2 Å². The summed E-state index contributed by atoms with van der Waals surface area (Å²) < 4.78 is 3.08. The van der Waals surface area contributed by atoms with Crippen molar-refractivity contribution in [2.24, 2.45) is 0 Å². The number of benzene rings is 1. The number of aromatic nitrogens is 3. The summed E-state index contributed by atoms with van der Waals surface area (Å²) in [4.78, 5) is 37.5. The zero-order valence-corrected chi connectivity index (χ0v) is 15.0.